The van der Waals surface area contributed by atoms with Gasteiger partial charge in [-0.15, -0.1) is 0 Å². The van der Waals surface area contributed by atoms with Gasteiger partial charge in [-0.1, -0.05) is 24.3 Å². The van der Waals surface area contributed by atoms with Crippen molar-refractivity contribution in [3.8, 4) is 5.75 Å². The van der Waals surface area contributed by atoms with Crippen molar-refractivity contribution in [3.05, 3.63) is 59.2 Å². The molecule has 2 rings (SSSR count). The summed E-state index contributed by atoms with van der Waals surface area (Å²) in [6.45, 7) is 4.13. The van der Waals surface area contributed by atoms with Gasteiger partial charge in [0.15, 0.2) is 0 Å². The first-order valence-electron chi connectivity index (χ1n) is 5.95. The molecule has 2 nitrogen and oxygen atoms in total. The Morgan fingerprint density at radius 1 is 1.06 bits per heavy atom. The number of benzene rings is 2. The Labute approximate surface area is 108 Å². The van der Waals surface area contributed by atoms with Crippen molar-refractivity contribution in [1.82, 2.24) is 0 Å². The van der Waals surface area contributed by atoms with Gasteiger partial charge in [0.1, 0.15) is 5.75 Å². The van der Waals surface area contributed by atoms with E-state index in [9.17, 15) is 0 Å². The van der Waals surface area contributed by atoms with Gasteiger partial charge in [0.25, 0.3) is 0 Å². The minimum Gasteiger partial charge on any atom is -0.496 e. The number of rotatable bonds is 3. The second kappa shape index (κ2) is 5.50. The van der Waals surface area contributed by atoms with Gasteiger partial charge < -0.3 is 4.74 Å². The lowest BCUT2D eigenvalue weighted by atomic mass is 10.1. The van der Waals surface area contributed by atoms with Crippen LogP contribution in [0.1, 0.15) is 16.7 Å². The van der Waals surface area contributed by atoms with Crippen LogP contribution in [0.4, 0.5) is 5.69 Å². The first kappa shape index (κ1) is 12.4. The molecular formula is C16H17NO. The lowest BCUT2D eigenvalue weighted by Gasteiger charge is -2.04. The Balaban J connectivity index is 2.33. The first-order chi connectivity index (χ1) is 8.70. The Kier molecular flexibility index (Phi) is 3.78. The zero-order valence-corrected chi connectivity index (χ0v) is 11.0. The van der Waals surface area contributed by atoms with E-state index in [1.807, 2.05) is 30.5 Å². The van der Waals surface area contributed by atoms with Gasteiger partial charge in [0.2, 0.25) is 0 Å². The molecule has 92 valence electrons. The third-order valence-corrected chi connectivity index (χ3v) is 2.85. The highest BCUT2D eigenvalue weighted by molar-refractivity contribution is 5.85. The third-order valence-electron chi connectivity index (χ3n) is 2.85. The summed E-state index contributed by atoms with van der Waals surface area (Å²) in [6, 6.07) is 14.1. The molecule has 0 aliphatic rings. The fourth-order valence-corrected chi connectivity index (χ4v) is 1.77. The summed E-state index contributed by atoms with van der Waals surface area (Å²) >= 11 is 0. The lowest BCUT2D eigenvalue weighted by Crippen LogP contribution is -1.89. The van der Waals surface area contributed by atoms with Crippen LogP contribution < -0.4 is 4.74 Å². The van der Waals surface area contributed by atoms with Crippen LogP contribution >= 0.6 is 0 Å². The Morgan fingerprint density at radius 3 is 2.61 bits per heavy atom. The molecule has 0 amide bonds. The second-order valence-electron chi connectivity index (χ2n) is 4.29. The van der Waals surface area contributed by atoms with Crippen LogP contribution in [-0.2, 0) is 0 Å². The van der Waals surface area contributed by atoms with E-state index in [4.69, 9.17) is 4.74 Å². The quantitative estimate of drug-likeness (QED) is 0.740. The molecule has 0 N–H and O–H groups in total. The normalized spacial score (nSPS) is 10.8. The summed E-state index contributed by atoms with van der Waals surface area (Å²) < 4.78 is 5.30. The zero-order chi connectivity index (χ0) is 13.0. The Hall–Kier alpha value is -2.09. The number of aryl methyl sites for hydroxylation is 2. The average molecular weight is 239 g/mol. The first-order valence-corrected chi connectivity index (χ1v) is 5.95. The summed E-state index contributed by atoms with van der Waals surface area (Å²) in [4.78, 5) is 4.54. The van der Waals surface area contributed by atoms with E-state index in [-0.39, 0.29) is 0 Å². The second-order valence-corrected chi connectivity index (χ2v) is 4.29. The fraction of sp³-hybridized carbons (Fsp3) is 0.188. The topological polar surface area (TPSA) is 21.6 Å². The van der Waals surface area contributed by atoms with Gasteiger partial charge in [-0.2, -0.15) is 0 Å². The largest absolute Gasteiger partial charge is 0.496 e. The molecule has 18 heavy (non-hydrogen) atoms. The monoisotopic (exact) mass is 239 g/mol. The van der Waals surface area contributed by atoms with Gasteiger partial charge in [0.05, 0.1) is 12.8 Å². The summed E-state index contributed by atoms with van der Waals surface area (Å²) in [6.07, 6.45) is 1.85. The van der Waals surface area contributed by atoms with Crippen LogP contribution in [0.25, 0.3) is 0 Å². The number of hydrogen-bond donors (Lipinski definition) is 0. The molecule has 0 radical (unpaired) electrons. The average Bonchev–Trinajstić information content (AvgIpc) is 2.40. The predicted molar refractivity (Wildman–Crippen MR) is 76.2 cm³/mol. The highest BCUT2D eigenvalue weighted by Crippen LogP contribution is 2.21. The standard InChI is InChI=1S/C16H17NO/c1-12-8-9-13(2)15(10-12)17-11-14-6-4-5-7-16(14)18-3/h4-11H,1-3H3. The van der Waals surface area contributed by atoms with E-state index >= 15 is 0 Å². The number of ether oxygens (including phenoxy) is 1. The maximum Gasteiger partial charge on any atom is 0.127 e. The van der Waals surface area contributed by atoms with Crippen LogP contribution in [0.15, 0.2) is 47.5 Å². The molecule has 2 heteroatoms. The summed E-state index contributed by atoms with van der Waals surface area (Å²) in [5, 5.41) is 0. The van der Waals surface area contributed by atoms with Crippen LogP contribution in [-0.4, -0.2) is 13.3 Å². The highest BCUT2D eigenvalue weighted by Gasteiger charge is 1.99. The van der Waals surface area contributed by atoms with Crippen molar-refractivity contribution in [3.63, 3.8) is 0 Å². The number of methoxy groups -OCH3 is 1. The number of nitrogens with zero attached hydrogens (tertiary/aromatic N) is 1. The van der Waals surface area contributed by atoms with E-state index in [1.54, 1.807) is 7.11 Å². The molecule has 2 aromatic rings. The van der Waals surface area contributed by atoms with Crippen LogP contribution in [0, 0.1) is 13.8 Å². The van der Waals surface area contributed by atoms with Crippen molar-refractivity contribution < 1.29 is 4.74 Å². The molecule has 2 aromatic carbocycles. The van der Waals surface area contributed by atoms with E-state index in [0.717, 1.165) is 17.0 Å². The van der Waals surface area contributed by atoms with Crippen molar-refractivity contribution in [1.29, 1.82) is 0 Å². The molecule has 0 bridgehead atoms. The van der Waals surface area contributed by atoms with Crippen LogP contribution in [0.2, 0.25) is 0 Å². The Bertz CT molecular complexity index is 573. The van der Waals surface area contributed by atoms with Crippen LogP contribution in [0.3, 0.4) is 0 Å². The molecule has 0 aliphatic heterocycles. The van der Waals surface area contributed by atoms with Crippen molar-refractivity contribution >= 4 is 11.9 Å². The van der Waals surface area contributed by atoms with Gasteiger partial charge in [0, 0.05) is 11.8 Å². The van der Waals surface area contributed by atoms with E-state index < -0.39 is 0 Å². The lowest BCUT2D eigenvalue weighted by molar-refractivity contribution is 0.414. The minimum atomic E-state index is 0.839. The van der Waals surface area contributed by atoms with Gasteiger partial charge in [-0.3, -0.25) is 4.99 Å². The van der Waals surface area contributed by atoms with Gasteiger partial charge >= 0.3 is 0 Å². The molecule has 0 spiro atoms. The summed E-state index contributed by atoms with van der Waals surface area (Å²) in [5.41, 5.74) is 4.38. The zero-order valence-electron chi connectivity index (χ0n) is 11.0. The predicted octanol–water partition coefficient (Wildman–Crippen LogP) is 4.06. The van der Waals surface area contributed by atoms with E-state index in [0.29, 0.717) is 0 Å². The van der Waals surface area contributed by atoms with Gasteiger partial charge in [-0.25, -0.2) is 0 Å². The van der Waals surface area contributed by atoms with Crippen LogP contribution in [0.5, 0.6) is 5.75 Å². The molecule has 0 fully saturated rings. The molecule has 0 saturated carbocycles. The maximum absolute atomic E-state index is 5.30. The minimum absolute atomic E-state index is 0.839. The smallest absolute Gasteiger partial charge is 0.127 e. The summed E-state index contributed by atoms with van der Waals surface area (Å²) in [7, 11) is 1.67. The Morgan fingerprint density at radius 2 is 1.83 bits per heavy atom. The number of para-hydroxylation sites is 1. The SMILES string of the molecule is COc1ccccc1C=Nc1cc(C)ccc1C. The fourth-order valence-electron chi connectivity index (χ4n) is 1.77. The molecular weight excluding hydrogens is 222 g/mol. The van der Waals surface area contributed by atoms with Crippen molar-refractivity contribution in [2.75, 3.05) is 7.11 Å². The van der Waals surface area contributed by atoms with Crippen molar-refractivity contribution in [2.45, 2.75) is 13.8 Å². The number of aliphatic imine (C=N–C) groups is 1. The van der Waals surface area contributed by atoms with Crippen molar-refractivity contribution in [2.24, 2.45) is 4.99 Å². The van der Waals surface area contributed by atoms with E-state index in [2.05, 4.69) is 37.0 Å². The summed E-state index contributed by atoms with van der Waals surface area (Å²) in [5.74, 6) is 0.839. The molecule has 0 unspecified atom stereocenters. The van der Waals surface area contributed by atoms with E-state index in [1.165, 1.54) is 11.1 Å². The molecule has 0 heterocycles. The molecule has 0 saturated heterocycles. The molecule has 0 aliphatic carbocycles. The maximum atomic E-state index is 5.30. The molecule has 0 atom stereocenters. The third kappa shape index (κ3) is 2.77. The number of hydrogen-bond acceptors (Lipinski definition) is 2. The molecule has 0 aromatic heterocycles. The van der Waals surface area contributed by atoms with Gasteiger partial charge in [-0.05, 0) is 43.2 Å². The highest BCUT2D eigenvalue weighted by atomic mass is 16.5.